The zero-order valence-corrected chi connectivity index (χ0v) is 31.6. The molecule has 15 nitrogen and oxygen atoms in total. The molecule has 55 heavy (non-hydrogen) atoms. The van der Waals surface area contributed by atoms with Crippen LogP contribution in [0.2, 0.25) is 0 Å². The molecule has 6 atom stereocenters. The molecule has 5 N–H and O–H groups in total. The molecule has 3 aliphatic rings. The molecule has 0 unspecified atom stereocenters. The molecular weight excluding hydrogens is 704 g/mol. The number of likely N-dealkylation sites (tertiary alicyclic amines) is 1. The number of carboxylic acids is 1. The SMILES string of the molecule is CN[C@@H](C)C(=O)N[C@H](C(=O)N1C[C@@H]2C[C@H]1C(=O)N[C@@H](Cc1ccc3ccccc3c1)C(=O)N[C@H](C(=O)O)Cc1ccc(cc1)OCc1cn2nn1)C(C)(C)C. The fourth-order valence-corrected chi connectivity index (χ4v) is 6.93. The third kappa shape index (κ3) is 9.11. The Kier molecular flexibility index (Phi) is 11.5. The van der Waals surface area contributed by atoms with Gasteiger partial charge in [-0.2, -0.15) is 0 Å². The molecule has 4 heterocycles. The third-order valence-electron chi connectivity index (χ3n) is 10.3. The van der Waals surface area contributed by atoms with Crippen LogP contribution in [0, 0.1) is 5.41 Å². The lowest BCUT2D eigenvalue weighted by Crippen LogP contribution is -2.60. The van der Waals surface area contributed by atoms with Gasteiger partial charge in [0.1, 0.15) is 42.2 Å². The van der Waals surface area contributed by atoms with E-state index in [0.717, 1.165) is 16.3 Å². The number of hydrogen-bond donors (Lipinski definition) is 5. The van der Waals surface area contributed by atoms with Crippen molar-refractivity contribution >= 4 is 40.4 Å². The Bertz CT molecular complexity index is 2060. The molecule has 1 saturated heterocycles. The van der Waals surface area contributed by atoms with Crippen molar-refractivity contribution in [1.82, 2.24) is 41.2 Å². The van der Waals surface area contributed by atoms with Gasteiger partial charge < -0.3 is 36.0 Å². The molecule has 0 radical (unpaired) electrons. The number of aromatic nitrogens is 3. The van der Waals surface area contributed by atoms with Crippen LogP contribution in [0.1, 0.15) is 57.0 Å². The monoisotopic (exact) mass is 752 g/mol. The largest absolute Gasteiger partial charge is 0.487 e. The summed E-state index contributed by atoms with van der Waals surface area (Å²) in [5, 5.41) is 32.0. The minimum absolute atomic E-state index is 0.0228. The Morgan fingerprint density at radius 2 is 1.73 bits per heavy atom. The van der Waals surface area contributed by atoms with E-state index in [1.54, 1.807) is 49.1 Å². The van der Waals surface area contributed by atoms with E-state index in [1.165, 1.54) is 4.90 Å². The summed E-state index contributed by atoms with van der Waals surface area (Å²) in [6, 6.07) is 14.7. The molecule has 6 bridgehead atoms. The molecule has 7 rings (SSSR count). The normalized spacial score (nSPS) is 21.7. The van der Waals surface area contributed by atoms with Crippen LogP contribution in [0.4, 0.5) is 0 Å². The zero-order valence-electron chi connectivity index (χ0n) is 31.6. The number of nitrogens with zero attached hydrogens (tertiary/aromatic N) is 4. The molecule has 3 aliphatic heterocycles. The van der Waals surface area contributed by atoms with Crippen LogP contribution in [0.15, 0.2) is 72.9 Å². The Morgan fingerprint density at radius 1 is 1.00 bits per heavy atom. The highest BCUT2D eigenvalue weighted by molar-refractivity contribution is 5.96. The topological polar surface area (TPSA) is 197 Å². The number of nitrogens with one attached hydrogen (secondary N) is 4. The second-order valence-corrected chi connectivity index (χ2v) is 15.4. The second kappa shape index (κ2) is 16.3. The van der Waals surface area contributed by atoms with Gasteiger partial charge in [-0.05, 0) is 53.4 Å². The number of aliphatic carboxylic acids is 1. The van der Waals surface area contributed by atoms with Crippen LogP contribution in [0.3, 0.4) is 0 Å². The number of carboxylic acid groups (broad SMARTS) is 1. The van der Waals surface area contributed by atoms with E-state index in [1.807, 2.05) is 63.2 Å². The maximum absolute atomic E-state index is 14.6. The fourth-order valence-electron chi connectivity index (χ4n) is 6.93. The molecule has 3 aromatic carbocycles. The lowest BCUT2D eigenvalue weighted by molar-refractivity contribution is -0.145. The molecule has 4 aromatic rings. The van der Waals surface area contributed by atoms with Crippen LogP contribution in [-0.2, 0) is 43.4 Å². The Morgan fingerprint density at radius 3 is 2.42 bits per heavy atom. The van der Waals surface area contributed by atoms with Gasteiger partial charge in [-0.3, -0.25) is 19.2 Å². The van der Waals surface area contributed by atoms with Crippen LogP contribution >= 0.6 is 0 Å². The van der Waals surface area contributed by atoms with Crippen molar-refractivity contribution in [1.29, 1.82) is 0 Å². The summed E-state index contributed by atoms with van der Waals surface area (Å²) in [6.45, 7) is 7.33. The first-order chi connectivity index (χ1) is 26.2. The van der Waals surface area contributed by atoms with E-state index in [2.05, 4.69) is 31.6 Å². The first kappa shape index (κ1) is 38.9. The average molecular weight is 753 g/mol. The van der Waals surface area contributed by atoms with Gasteiger partial charge in [0.25, 0.3) is 0 Å². The fraction of sp³-hybridized carbons (Fsp3) is 0.425. The molecule has 0 saturated carbocycles. The maximum Gasteiger partial charge on any atom is 0.326 e. The Labute approximate surface area is 319 Å². The van der Waals surface area contributed by atoms with E-state index in [4.69, 9.17) is 4.74 Å². The van der Waals surface area contributed by atoms with Crippen molar-refractivity contribution in [2.45, 2.75) is 89.8 Å². The van der Waals surface area contributed by atoms with Crippen LogP contribution in [0.25, 0.3) is 10.8 Å². The number of benzene rings is 3. The minimum Gasteiger partial charge on any atom is -0.487 e. The van der Waals surface area contributed by atoms with E-state index in [0.29, 0.717) is 17.0 Å². The first-order valence-electron chi connectivity index (χ1n) is 18.4. The number of carbonyl (C=O) groups is 5. The van der Waals surface area contributed by atoms with Gasteiger partial charge >= 0.3 is 5.97 Å². The number of hydrogen-bond acceptors (Lipinski definition) is 9. The summed E-state index contributed by atoms with van der Waals surface area (Å²) in [6.07, 6.45) is 1.86. The maximum atomic E-state index is 14.6. The standard InChI is InChI=1S/C40H48N8O7/c1-23(41-5)35(49)44-34(40(2,3)4)38(52)47-21-29-19-33(47)37(51)42-31(18-25-10-13-26-8-6-7-9-27(26)16-25)36(50)43-32(39(53)54)17-24-11-14-30(15-12-24)55-22-28-20-48(29)46-45-28/h6-16,20,23,29,31-34,41H,17-19,21-22H2,1-5H3,(H,42,51)(H,43,50)(H,44,49)(H,53,54)/t23-,29-,31-,32-,33-,34+/m0/s1. The molecule has 0 aliphatic carbocycles. The quantitative estimate of drug-likeness (QED) is 0.187. The molecule has 1 aromatic heterocycles. The van der Waals surface area contributed by atoms with Gasteiger partial charge in [-0.15, -0.1) is 5.10 Å². The van der Waals surface area contributed by atoms with Gasteiger partial charge in [0, 0.05) is 25.8 Å². The summed E-state index contributed by atoms with van der Waals surface area (Å²) in [4.78, 5) is 70.2. The van der Waals surface area contributed by atoms with Crippen LogP contribution in [0.5, 0.6) is 5.75 Å². The number of fused-ring (bicyclic) bond motifs is 10. The van der Waals surface area contributed by atoms with Crippen molar-refractivity contribution in [3.05, 3.63) is 89.7 Å². The predicted molar refractivity (Wildman–Crippen MR) is 203 cm³/mol. The number of carbonyl (C=O) groups excluding carboxylic acids is 4. The Balaban J connectivity index is 1.38. The number of likely N-dealkylation sites (N-methyl/N-ethyl adjacent to an activating group) is 1. The predicted octanol–water partition coefficient (Wildman–Crippen LogP) is 2.14. The third-order valence-corrected chi connectivity index (χ3v) is 10.3. The molecule has 0 spiro atoms. The van der Waals surface area contributed by atoms with Crippen molar-refractivity contribution in [3.8, 4) is 5.75 Å². The van der Waals surface area contributed by atoms with Gasteiger partial charge in [-0.25, -0.2) is 9.48 Å². The highest BCUT2D eigenvalue weighted by atomic mass is 16.5. The van der Waals surface area contributed by atoms with Crippen molar-refractivity contribution in [2.24, 2.45) is 5.41 Å². The summed E-state index contributed by atoms with van der Waals surface area (Å²) in [5.74, 6) is -2.86. The van der Waals surface area contributed by atoms with Crippen molar-refractivity contribution in [3.63, 3.8) is 0 Å². The minimum atomic E-state index is -1.31. The van der Waals surface area contributed by atoms with E-state index in [9.17, 15) is 29.1 Å². The lowest BCUT2D eigenvalue weighted by Gasteiger charge is -2.36. The summed E-state index contributed by atoms with van der Waals surface area (Å²) >= 11 is 0. The summed E-state index contributed by atoms with van der Waals surface area (Å²) < 4.78 is 7.53. The van der Waals surface area contributed by atoms with Gasteiger partial charge in [-0.1, -0.05) is 80.6 Å². The van der Waals surface area contributed by atoms with E-state index < -0.39 is 65.4 Å². The van der Waals surface area contributed by atoms with Crippen LogP contribution < -0.4 is 26.0 Å². The average Bonchev–Trinajstić information content (AvgIpc) is 3.82. The highest BCUT2D eigenvalue weighted by Crippen LogP contribution is 2.31. The Hall–Kier alpha value is -5.83. The summed E-state index contributed by atoms with van der Waals surface area (Å²) in [5.41, 5.74) is 1.16. The number of rotatable bonds is 7. The number of ether oxygens (including phenoxy) is 1. The highest BCUT2D eigenvalue weighted by Gasteiger charge is 2.46. The van der Waals surface area contributed by atoms with E-state index >= 15 is 0 Å². The molecule has 15 heteroatoms. The van der Waals surface area contributed by atoms with Gasteiger partial charge in [0.15, 0.2) is 0 Å². The summed E-state index contributed by atoms with van der Waals surface area (Å²) in [7, 11) is 1.64. The van der Waals surface area contributed by atoms with Gasteiger partial charge in [0.2, 0.25) is 23.6 Å². The lowest BCUT2D eigenvalue weighted by atomic mass is 9.85. The molecule has 1 fully saturated rings. The first-order valence-corrected chi connectivity index (χ1v) is 18.4. The van der Waals surface area contributed by atoms with Crippen LogP contribution in [-0.4, -0.2) is 98.4 Å². The molecule has 4 amide bonds. The number of amides is 4. The smallest absolute Gasteiger partial charge is 0.326 e. The van der Waals surface area contributed by atoms with Crippen molar-refractivity contribution in [2.75, 3.05) is 13.6 Å². The van der Waals surface area contributed by atoms with E-state index in [-0.39, 0.29) is 38.3 Å². The zero-order chi connectivity index (χ0) is 39.4. The van der Waals surface area contributed by atoms with Crippen molar-refractivity contribution < 1.29 is 33.8 Å². The molecular formula is C40H48N8O7. The second-order valence-electron chi connectivity index (χ2n) is 15.4. The van der Waals surface area contributed by atoms with Gasteiger partial charge in [0.05, 0.1) is 18.3 Å². The molecule has 290 valence electrons.